The molecule has 0 unspecified atom stereocenters. The Hall–Kier alpha value is -3.23. The monoisotopic (exact) mass is 436 g/mol. The van der Waals surface area contributed by atoms with Crippen molar-refractivity contribution >= 4 is 17.5 Å². The van der Waals surface area contributed by atoms with Gasteiger partial charge in [0.2, 0.25) is 11.7 Å². The van der Waals surface area contributed by atoms with Crippen LogP contribution in [0, 0.1) is 0 Å². The van der Waals surface area contributed by atoms with Crippen molar-refractivity contribution in [3.63, 3.8) is 0 Å². The first-order valence-electron chi connectivity index (χ1n) is 10.1. The van der Waals surface area contributed by atoms with Crippen molar-refractivity contribution in [2.45, 2.75) is 19.0 Å². The zero-order valence-electron chi connectivity index (χ0n) is 16.9. The maximum Gasteiger partial charge on any atom is 0.258 e. The Morgan fingerprint density at radius 2 is 2.10 bits per heavy atom. The van der Waals surface area contributed by atoms with Crippen LogP contribution in [-0.4, -0.2) is 55.0 Å². The van der Waals surface area contributed by atoms with Crippen molar-refractivity contribution in [1.82, 2.24) is 29.5 Å². The highest BCUT2D eigenvalue weighted by Crippen LogP contribution is 2.44. The van der Waals surface area contributed by atoms with Crippen LogP contribution in [0.25, 0.3) is 17.2 Å². The highest BCUT2D eigenvalue weighted by Gasteiger charge is 2.43. The van der Waals surface area contributed by atoms with Gasteiger partial charge in [0.15, 0.2) is 0 Å². The summed E-state index contributed by atoms with van der Waals surface area (Å²) in [6.45, 7) is 10.1. The maximum absolute atomic E-state index is 13.1. The lowest BCUT2D eigenvalue weighted by Gasteiger charge is -2.39. The van der Waals surface area contributed by atoms with Crippen LogP contribution in [0.2, 0.25) is 5.02 Å². The average Bonchev–Trinajstić information content (AvgIpc) is 3.33. The molecule has 0 saturated carbocycles. The number of fused-ring (bicyclic) bond motifs is 5. The van der Waals surface area contributed by atoms with E-state index >= 15 is 0 Å². The summed E-state index contributed by atoms with van der Waals surface area (Å²) in [7, 11) is 0. The maximum atomic E-state index is 13.1. The first-order valence-corrected chi connectivity index (χ1v) is 10.4. The fraction of sp³-hybridized carbons (Fsp3) is 0.273. The second-order valence-electron chi connectivity index (χ2n) is 7.57. The average molecular weight is 437 g/mol. The minimum absolute atomic E-state index is 0.0650. The number of amides is 1. The van der Waals surface area contributed by atoms with E-state index in [1.807, 2.05) is 33.8 Å². The number of carbonyl (C=O) groups excluding carboxylic acids is 1. The van der Waals surface area contributed by atoms with Gasteiger partial charge in [0.25, 0.3) is 5.91 Å². The van der Waals surface area contributed by atoms with Crippen LogP contribution in [0.1, 0.15) is 34.4 Å². The van der Waals surface area contributed by atoms with Gasteiger partial charge in [-0.2, -0.15) is 4.98 Å². The van der Waals surface area contributed by atoms with Crippen LogP contribution in [0.15, 0.2) is 54.4 Å². The van der Waals surface area contributed by atoms with Crippen LogP contribution < -0.4 is 0 Å². The van der Waals surface area contributed by atoms with Gasteiger partial charge in [0.1, 0.15) is 12.0 Å². The largest absolute Gasteiger partial charge is 0.337 e. The summed E-state index contributed by atoms with van der Waals surface area (Å²) < 4.78 is 7.43. The van der Waals surface area contributed by atoms with Crippen molar-refractivity contribution in [3.05, 3.63) is 72.0 Å². The number of aromatic nitrogens is 4. The Balaban J connectivity index is 1.55. The molecule has 1 fully saturated rings. The number of carbonyl (C=O) groups is 1. The molecular formula is C22H21ClN6O2. The third kappa shape index (κ3) is 3.19. The predicted octanol–water partition coefficient (Wildman–Crippen LogP) is 3.65. The fourth-order valence-electron chi connectivity index (χ4n) is 4.20. The minimum Gasteiger partial charge on any atom is -0.337 e. The molecule has 31 heavy (non-hydrogen) atoms. The lowest BCUT2D eigenvalue weighted by Crippen LogP contribution is -2.44. The molecule has 0 N–H and O–H groups in total. The third-order valence-corrected chi connectivity index (χ3v) is 5.99. The SMILES string of the molecule is C=CCN(CC=C)Cc1nc(-c2ncn3c2[C@@H]2CCN2C(=O)c2c(Cl)cccc2-3)no1. The molecule has 1 amide bonds. The molecule has 1 atom stereocenters. The first-order chi connectivity index (χ1) is 15.1. The summed E-state index contributed by atoms with van der Waals surface area (Å²) >= 11 is 6.40. The topological polar surface area (TPSA) is 80.3 Å². The number of hydrogen-bond acceptors (Lipinski definition) is 6. The normalized spacial score (nSPS) is 16.9. The van der Waals surface area contributed by atoms with Crippen LogP contribution >= 0.6 is 11.6 Å². The molecule has 5 rings (SSSR count). The number of benzene rings is 1. The Bertz CT molecular complexity index is 1170. The van der Waals surface area contributed by atoms with Gasteiger partial charge in [-0.3, -0.25) is 14.3 Å². The molecule has 2 aliphatic rings. The van der Waals surface area contributed by atoms with Gasteiger partial charge in [0.05, 0.1) is 34.6 Å². The van der Waals surface area contributed by atoms with Gasteiger partial charge < -0.3 is 9.42 Å². The summed E-state index contributed by atoms with van der Waals surface area (Å²) in [4.78, 5) is 26.2. The van der Waals surface area contributed by atoms with E-state index < -0.39 is 0 Å². The van der Waals surface area contributed by atoms with Crippen molar-refractivity contribution in [2.75, 3.05) is 19.6 Å². The molecule has 3 aromatic rings. The van der Waals surface area contributed by atoms with E-state index in [4.69, 9.17) is 16.1 Å². The molecule has 0 bridgehead atoms. The van der Waals surface area contributed by atoms with Crippen molar-refractivity contribution in [1.29, 1.82) is 0 Å². The van der Waals surface area contributed by atoms with Crippen LogP contribution in [0.4, 0.5) is 0 Å². The number of hydrogen-bond donors (Lipinski definition) is 0. The molecule has 4 heterocycles. The summed E-state index contributed by atoms with van der Waals surface area (Å²) in [6, 6.07) is 5.35. The fourth-order valence-corrected chi connectivity index (χ4v) is 4.45. The smallest absolute Gasteiger partial charge is 0.258 e. The van der Waals surface area contributed by atoms with Crippen molar-refractivity contribution in [2.24, 2.45) is 0 Å². The van der Waals surface area contributed by atoms with Gasteiger partial charge in [-0.25, -0.2) is 4.98 Å². The van der Waals surface area contributed by atoms with Gasteiger partial charge in [-0.15, -0.1) is 13.2 Å². The Labute approximate surface area is 184 Å². The second-order valence-corrected chi connectivity index (χ2v) is 7.98. The first kappa shape index (κ1) is 19.7. The van der Waals surface area contributed by atoms with Gasteiger partial charge >= 0.3 is 0 Å². The van der Waals surface area contributed by atoms with E-state index in [-0.39, 0.29) is 11.9 Å². The highest BCUT2D eigenvalue weighted by atomic mass is 35.5. The summed E-state index contributed by atoms with van der Waals surface area (Å²) in [5.41, 5.74) is 2.70. The standard InChI is InChI=1S/C22H21ClN6O2/c1-3-9-27(10-4-2)12-17-25-21(26-31-17)19-20-16-8-11-28(16)22(30)18-14(23)6-5-7-15(18)29(20)13-24-19/h3-7,13,16H,1-2,8-12H2/t16-/m0/s1. The molecule has 0 aliphatic carbocycles. The van der Waals surface area contributed by atoms with E-state index in [0.29, 0.717) is 59.9 Å². The lowest BCUT2D eigenvalue weighted by molar-refractivity contribution is 0.0461. The molecule has 9 heteroatoms. The zero-order valence-corrected chi connectivity index (χ0v) is 17.6. The molecule has 2 aromatic heterocycles. The van der Waals surface area contributed by atoms with E-state index in [9.17, 15) is 4.79 Å². The molecular weight excluding hydrogens is 416 g/mol. The zero-order chi connectivity index (χ0) is 21.5. The lowest BCUT2D eigenvalue weighted by atomic mass is 9.97. The molecule has 1 aromatic carbocycles. The quantitative estimate of drug-likeness (QED) is 0.526. The second kappa shape index (κ2) is 7.79. The van der Waals surface area contributed by atoms with Crippen LogP contribution in [-0.2, 0) is 6.54 Å². The predicted molar refractivity (Wildman–Crippen MR) is 116 cm³/mol. The van der Waals surface area contributed by atoms with E-state index in [0.717, 1.165) is 12.1 Å². The van der Waals surface area contributed by atoms with E-state index in [1.165, 1.54) is 0 Å². The molecule has 8 nitrogen and oxygen atoms in total. The van der Waals surface area contributed by atoms with Crippen molar-refractivity contribution < 1.29 is 9.32 Å². The molecule has 158 valence electrons. The van der Waals surface area contributed by atoms with Gasteiger partial charge in [-0.05, 0) is 18.6 Å². The number of imidazole rings is 1. The van der Waals surface area contributed by atoms with Crippen LogP contribution in [0.5, 0.6) is 0 Å². The van der Waals surface area contributed by atoms with Crippen molar-refractivity contribution in [3.8, 4) is 17.2 Å². The number of halogens is 1. The van der Waals surface area contributed by atoms with Gasteiger partial charge in [-0.1, -0.05) is 35.0 Å². The molecule has 1 saturated heterocycles. The van der Waals surface area contributed by atoms with Crippen LogP contribution in [0.3, 0.4) is 0 Å². The van der Waals surface area contributed by atoms with E-state index in [2.05, 4.69) is 33.2 Å². The Kier molecular flexibility index (Phi) is 4.95. The molecule has 2 aliphatic heterocycles. The molecule has 0 spiro atoms. The molecule has 0 radical (unpaired) electrons. The summed E-state index contributed by atoms with van der Waals surface area (Å²) in [5.74, 6) is 0.828. The summed E-state index contributed by atoms with van der Waals surface area (Å²) in [5, 5.41) is 4.61. The summed E-state index contributed by atoms with van der Waals surface area (Å²) in [6.07, 6.45) is 6.18. The minimum atomic E-state index is -0.103. The number of rotatable bonds is 7. The highest BCUT2D eigenvalue weighted by molar-refractivity contribution is 6.34. The number of nitrogens with zero attached hydrogens (tertiary/aromatic N) is 6. The van der Waals surface area contributed by atoms with Gasteiger partial charge in [0, 0.05) is 19.6 Å². The Morgan fingerprint density at radius 3 is 2.81 bits per heavy atom. The third-order valence-electron chi connectivity index (χ3n) is 5.68. The Morgan fingerprint density at radius 1 is 1.29 bits per heavy atom. The van der Waals surface area contributed by atoms with E-state index in [1.54, 1.807) is 12.4 Å².